The maximum Gasteiger partial charge on any atom is 0.266 e. The number of aromatic nitrogens is 1. The average molecular weight is 452 g/mol. The fraction of sp³-hybridized carbons (Fsp3) is 0.136. The largest absolute Gasteiger partial charge is 0.483 e. The molecule has 0 bridgehead atoms. The van der Waals surface area contributed by atoms with Gasteiger partial charge in [0.15, 0.2) is 6.61 Å². The third kappa shape index (κ3) is 4.73. The lowest BCUT2D eigenvalue weighted by molar-refractivity contribution is -0.118. The number of ether oxygens (including phenoxy) is 1. The second-order valence-electron chi connectivity index (χ2n) is 6.47. The maximum atomic E-state index is 12.3. The Labute approximate surface area is 176 Å². The predicted molar refractivity (Wildman–Crippen MR) is 115 cm³/mol. The predicted octanol–water partition coefficient (Wildman–Crippen LogP) is 4.31. The number of halogens is 1. The molecule has 7 heteroatoms. The van der Waals surface area contributed by atoms with Crippen molar-refractivity contribution in [1.82, 2.24) is 4.98 Å². The minimum atomic E-state index is -0.467. The molecule has 3 rings (SSSR count). The Morgan fingerprint density at radius 1 is 1.17 bits per heavy atom. The Balaban J connectivity index is 1.89. The molecule has 2 N–H and O–H groups in total. The molecular formula is C22H18BrN3O3. The molecule has 0 fully saturated rings. The van der Waals surface area contributed by atoms with Crippen molar-refractivity contribution in [2.24, 2.45) is 0 Å². The number of nitriles is 1. The number of aromatic amines is 1. The minimum absolute atomic E-state index is 0.0112. The first kappa shape index (κ1) is 20.4. The summed E-state index contributed by atoms with van der Waals surface area (Å²) in [5.74, 6) is 0.0883. The van der Waals surface area contributed by atoms with Gasteiger partial charge in [-0.3, -0.25) is 9.59 Å². The smallest absolute Gasteiger partial charge is 0.266 e. The molecule has 6 nitrogen and oxygen atoms in total. The van der Waals surface area contributed by atoms with Crippen LogP contribution in [0.4, 0.5) is 5.69 Å². The van der Waals surface area contributed by atoms with Gasteiger partial charge in [0.25, 0.3) is 11.5 Å². The van der Waals surface area contributed by atoms with Crippen molar-refractivity contribution < 1.29 is 9.53 Å². The molecule has 0 atom stereocenters. The molecule has 1 amide bonds. The number of nitrogens with one attached hydrogen (secondary N) is 2. The lowest BCUT2D eigenvalue weighted by Crippen LogP contribution is -2.21. The van der Waals surface area contributed by atoms with Crippen molar-refractivity contribution in [2.75, 3.05) is 11.9 Å². The van der Waals surface area contributed by atoms with E-state index in [1.807, 2.05) is 37.3 Å². The van der Waals surface area contributed by atoms with Gasteiger partial charge in [-0.2, -0.15) is 5.26 Å². The van der Waals surface area contributed by atoms with Crippen LogP contribution in [-0.4, -0.2) is 17.5 Å². The van der Waals surface area contributed by atoms with Gasteiger partial charge in [-0.1, -0.05) is 34.1 Å². The van der Waals surface area contributed by atoms with E-state index in [4.69, 9.17) is 4.74 Å². The van der Waals surface area contributed by atoms with E-state index in [1.165, 1.54) is 0 Å². The zero-order valence-corrected chi connectivity index (χ0v) is 17.5. The molecule has 2 aromatic carbocycles. The molecule has 0 aliphatic rings. The number of pyridine rings is 1. The molecule has 0 aliphatic heterocycles. The normalized spacial score (nSPS) is 10.3. The molecule has 0 aliphatic carbocycles. The summed E-state index contributed by atoms with van der Waals surface area (Å²) in [6, 6.07) is 16.3. The van der Waals surface area contributed by atoms with Crippen LogP contribution in [0.3, 0.4) is 0 Å². The molecule has 0 unspecified atom stereocenters. The topological polar surface area (TPSA) is 95.0 Å². The zero-order chi connectivity index (χ0) is 21.0. The fourth-order valence-corrected chi connectivity index (χ4v) is 3.25. The Bertz CT molecular complexity index is 1180. The van der Waals surface area contributed by atoms with Crippen LogP contribution < -0.4 is 15.6 Å². The summed E-state index contributed by atoms with van der Waals surface area (Å²) in [7, 11) is 0. The van der Waals surface area contributed by atoms with Crippen molar-refractivity contribution >= 4 is 27.5 Å². The standard InChI is InChI=1S/C22H18BrN3O3/c1-13-5-3-4-6-19(13)26-21(27)12-29-20-8-7-15(23)10-17(20)16-9-14(2)25-22(28)18(16)11-24/h3-10H,12H2,1-2H3,(H,25,28)(H,26,27). The van der Waals surface area contributed by atoms with Crippen LogP contribution in [-0.2, 0) is 4.79 Å². The molecule has 0 saturated heterocycles. The number of hydrogen-bond donors (Lipinski definition) is 2. The minimum Gasteiger partial charge on any atom is -0.483 e. The molecular weight excluding hydrogens is 434 g/mol. The van der Waals surface area contributed by atoms with Crippen molar-refractivity contribution in [3.8, 4) is 22.9 Å². The van der Waals surface area contributed by atoms with E-state index >= 15 is 0 Å². The number of anilines is 1. The lowest BCUT2D eigenvalue weighted by atomic mass is 10.00. The fourth-order valence-electron chi connectivity index (χ4n) is 2.89. The number of H-pyrrole nitrogens is 1. The summed E-state index contributed by atoms with van der Waals surface area (Å²) in [5, 5.41) is 12.2. The highest BCUT2D eigenvalue weighted by Crippen LogP contribution is 2.34. The van der Waals surface area contributed by atoms with Gasteiger partial charge < -0.3 is 15.0 Å². The summed E-state index contributed by atoms with van der Waals surface area (Å²) in [4.78, 5) is 27.1. The van der Waals surface area contributed by atoms with E-state index in [-0.39, 0.29) is 18.1 Å². The average Bonchev–Trinajstić information content (AvgIpc) is 2.68. The van der Waals surface area contributed by atoms with Crippen LogP contribution in [0.5, 0.6) is 5.75 Å². The first-order chi connectivity index (χ1) is 13.9. The summed E-state index contributed by atoms with van der Waals surface area (Å²) >= 11 is 3.41. The number of rotatable bonds is 5. The van der Waals surface area contributed by atoms with Gasteiger partial charge in [-0.15, -0.1) is 0 Å². The van der Waals surface area contributed by atoms with Crippen LogP contribution in [0.15, 0.2) is 57.8 Å². The number of carbonyl (C=O) groups excluding carboxylic acids is 1. The van der Waals surface area contributed by atoms with Gasteiger partial charge in [-0.25, -0.2) is 0 Å². The Hall–Kier alpha value is -3.37. The summed E-state index contributed by atoms with van der Waals surface area (Å²) in [6.45, 7) is 3.43. The van der Waals surface area contributed by atoms with Gasteiger partial charge in [-0.05, 0) is 49.7 Å². The van der Waals surface area contributed by atoms with Gasteiger partial charge >= 0.3 is 0 Å². The van der Waals surface area contributed by atoms with E-state index in [9.17, 15) is 14.9 Å². The van der Waals surface area contributed by atoms with E-state index in [0.717, 1.165) is 10.0 Å². The number of carbonyl (C=O) groups is 1. The number of aryl methyl sites for hydroxylation is 2. The van der Waals surface area contributed by atoms with Crippen LogP contribution >= 0.6 is 15.9 Å². The van der Waals surface area contributed by atoms with Crippen LogP contribution in [0.25, 0.3) is 11.1 Å². The first-order valence-electron chi connectivity index (χ1n) is 8.81. The summed E-state index contributed by atoms with van der Waals surface area (Å²) < 4.78 is 6.50. The van der Waals surface area contributed by atoms with Crippen molar-refractivity contribution in [3.05, 3.63) is 80.2 Å². The lowest BCUT2D eigenvalue weighted by Gasteiger charge is -2.14. The molecule has 29 heavy (non-hydrogen) atoms. The summed E-state index contributed by atoms with van der Waals surface area (Å²) in [6.07, 6.45) is 0. The third-order valence-electron chi connectivity index (χ3n) is 4.29. The Kier molecular flexibility index (Phi) is 6.15. The quantitative estimate of drug-likeness (QED) is 0.603. The van der Waals surface area contributed by atoms with Crippen molar-refractivity contribution in [1.29, 1.82) is 5.26 Å². The Morgan fingerprint density at radius 2 is 1.93 bits per heavy atom. The molecule has 1 heterocycles. The van der Waals surface area contributed by atoms with E-state index in [1.54, 1.807) is 31.2 Å². The van der Waals surface area contributed by atoms with Gasteiger partial charge in [0, 0.05) is 27.0 Å². The highest BCUT2D eigenvalue weighted by molar-refractivity contribution is 9.10. The number of para-hydroxylation sites is 1. The number of benzene rings is 2. The van der Waals surface area contributed by atoms with E-state index in [0.29, 0.717) is 28.3 Å². The van der Waals surface area contributed by atoms with Crippen molar-refractivity contribution in [2.45, 2.75) is 13.8 Å². The second-order valence-corrected chi connectivity index (χ2v) is 7.39. The van der Waals surface area contributed by atoms with Crippen molar-refractivity contribution in [3.63, 3.8) is 0 Å². The molecule has 1 aromatic heterocycles. The monoisotopic (exact) mass is 451 g/mol. The van der Waals surface area contributed by atoms with Gasteiger partial charge in [0.05, 0.1) is 0 Å². The molecule has 0 spiro atoms. The third-order valence-corrected chi connectivity index (χ3v) is 4.78. The number of hydrogen-bond acceptors (Lipinski definition) is 4. The molecule has 146 valence electrons. The highest BCUT2D eigenvalue weighted by atomic mass is 79.9. The SMILES string of the molecule is Cc1cc(-c2cc(Br)ccc2OCC(=O)Nc2ccccc2C)c(C#N)c(=O)[nH]1. The number of amides is 1. The van der Waals surface area contributed by atoms with E-state index < -0.39 is 5.56 Å². The second kappa shape index (κ2) is 8.76. The Morgan fingerprint density at radius 3 is 2.66 bits per heavy atom. The molecule has 0 radical (unpaired) electrons. The molecule has 0 saturated carbocycles. The van der Waals surface area contributed by atoms with Gasteiger partial charge in [0.2, 0.25) is 0 Å². The van der Waals surface area contributed by atoms with Crippen LogP contribution in [0.2, 0.25) is 0 Å². The van der Waals surface area contributed by atoms with Gasteiger partial charge in [0.1, 0.15) is 17.4 Å². The van der Waals surface area contributed by atoms with Crippen LogP contribution in [0.1, 0.15) is 16.8 Å². The van der Waals surface area contributed by atoms with E-state index in [2.05, 4.69) is 26.2 Å². The number of nitrogens with zero attached hydrogens (tertiary/aromatic N) is 1. The van der Waals surface area contributed by atoms with Crippen LogP contribution in [0, 0.1) is 25.2 Å². The first-order valence-corrected chi connectivity index (χ1v) is 9.60. The highest BCUT2D eigenvalue weighted by Gasteiger charge is 2.16. The molecule has 3 aromatic rings. The maximum absolute atomic E-state index is 12.3. The summed E-state index contributed by atoms with van der Waals surface area (Å²) in [5.41, 5.74) is 2.80. The zero-order valence-electron chi connectivity index (χ0n) is 15.9.